The van der Waals surface area contributed by atoms with E-state index in [1.54, 1.807) is 6.08 Å². The van der Waals surface area contributed by atoms with E-state index in [0.717, 1.165) is 5.20 Å². The van der Waals surface area contributed by atoms with Gasteiger partial charge in [-0.05, 0) is 26.5 Å². The van der Waals surface area contributed by atoms with E-state index < -0.39 is 0 Å². The third-order valence-electron chi connectivity index (χ3n) is 1.33. The van der Waals surface area contributed by atoms with E-state index in [2.05, 4.69) is 6.07 Å². The minimum absolute atomic E-state index is 0.311. The summed E-state index contributed by atoms with van der Waals surface area (Å²) >= 11 is 0. The number of hydrogen-bond donors (Lipinski definition) is 0. The van der Waals surface area contributed by atoms with Gasteiger partial charge in [0.15, 0.2) is 0 Å². The maximum atomic E-state index is 8.68. The van der Waals surface area contributed by atoms with Gasteiger partial charge in [-0.15, -0.1) is 0 Å². The molecule has 0 atom stereocenters. The summed E-state index contributed by atoms with van der Waals surface area (Å²) in [6.45, 7) is 6.80. The number of nitriles is 1. The number of hydrogen-bond acceptors (Lipinski definition) is 3. The molecule has 0 aliphatic heterocycles. The third-order valence-corrected chi connectivity index (χ3v) is 2.42. The number of rotatable bonds is 6. The average Bonchev–Trinajstić information content (AvgIpc) is 2.20. The highest BCUT2D eigenvalue weighted by atomic mass is 28.2. The van der Waals surface area contributed by atoms with E-state index in [9.17, 15) is 0 Å². The maximum Gasteiger partial charge on any atom is 0.270 e. The molecule has 0 aromatic heterocycles. The standard InChI is InChI=1S/C10H15NO2Si/c1-4-9(7-11)14-8-10(12-5-2)13-6-3/h4,8H,5-6H2,1-3H3. The van der Waals surface area contributed by atoms with Crippen LogP contribution in [0.5, 0.6) is 0 Å². The van der Waals surface area contributed by atoms with E-state index in [1.807, 2.05) is 26.5 Å². The molecule has 0 aliphatic rings. The molecule has 14 heavy (non-hydrogen) atoms. The zero-order valence-corrected chi connectivity index (χ0v) is 9.83. The zero-order chi connectivity index (χ0) is 10.8. The molecule has 0 saturated carbocycles. The van der Waals surface area contributed by atoms with Crippen molar-refractivity contribution in [3.05, 3.63) is 22.9 Å². The molecule has 76 valence electrons. The van der Waals surface area contributed by atoms with Crippen LogP contribution in [0.1, 0.15) is 20.8 Å². The Balaban J connectivity index is 4.21. The predicted octanol–water partition coefficient (Wildman–Crippen LogP) is 1.99. The minimum Gasteiger partial charge on any atom is -0.466 e. The summed E-state index contributed by atoms with van der Waals surface area (Å²) in [5, 5.41) is 9.41. The van der Waals surface area contributed by atoms with Gasteiger partial charge in [-0.3, -0.25) is 0 Å². The summed E-state index contributed by atoms with van der Waals surface area (Å²) in [7, 11) is 0.311. The fourth-order valence-corrected chi connectivity index (χ4v) is 1.40. The first kappa shape index (κ1) is 12.8. The molecule has 4 heteroatoms. The average molecular weight is 209 g/mol. The lowest BCUT2D eigenvalue weighted by molar-refractivity contribution is 0.0476. The molecule has 0 saturated heterocycles. The molecular weight excluding hydrogens is 194 g/mol. The molecular formula is C10H15NO2Si. The largest absolute Gasteiger partial charge is 0.466 e. The molecule has 0 aromatic carbocycles. The van der Waals surface area contributed by atoms with E-state index in [0.29, 0.717) is 28.7 Å². The van der Waals surface area contributed by atoms with Gasteiger partial charge in [-0.25, -0.2) is 0 Å². The van der Waals surface area contributed by atoms with E-state index >= 15 is 0 Å². The monoisotopic (exact) mass is 209 g/mol. The molecule has 0 fully saturated rings. The molecule has 0 bridgehead atoms. The van der Waals surface area contributed by atoms with Crippen LogP contribution in [0.3, 0.4) is 0 Å². The first-order valence-electron chi connectivity index (χ1n) is 4.57. The van der Waals surface area contributed by atoms with Gasteiger partial charge in [-0.1, -0.05) is 6.08 Å². The lowest BCUT2D eigenvalue weighted by atomic mass is 10.6. The van der Waals surface area contributed by atoms with Gasteiger partial charge >= 0.3 is 0 Å². The first-order chi connectivity index (χ1) is 6.78. The normalized spacial score (nSPS) is 10.3. The Kier molecular flexibility index (Phi) is 7.66. The van der Waals surface area contributed by atoms with Crippen molar-refractivity contribution in [1.29, 1.82) is 5.26 Å². The molecule has 0 N–H and O–H groups in total. The quantitative estimate of drug-likeness (QED) is 0.382. The lowest BCUT2D eigenvalue weighted by Gasteiger charge is -2.07. The molecule has 0 aromatic rings. The van der Waals surface area contributed by atoms with Crippen molar-refractivity contribution in [3.8, 4) is 6.07 Å². The highest BCUT2D eigenvalue weighted by molar-refractivity contribution is 6.52. The molecule has 0 heterocycles. The SMILES string of the molecule is CC=C(C#N)[Si]C=C(OCC)OCC. The Morgan fingerprint density at radius 2 is 1.93 bits per heavy atom. The van der Waals surface area contributed by atoms with E-state index in [1.165, 1.54) is 0 Å². The van der Waals surface area contributed by atoms with E-state index in [-0.39, 0.29) is 0 Å². The topological polar surface area (TPSA) is 42.2 Å². The second kappa shape index (κ2) is 8.39. The number of ether oxygens (including phenoxy) is 2. The molecule has 3 nitrogen and oxygen atoms in total. The van der Waals surface area contributed by atoms with Gasteiger partial charge in [0.2, 0.25) is 0 Å². The summed E-state index contributed by atoms with van der Waals surface area (Å²) in [4.78, 5) is 0. The summed E-state index contributed by atoms with van der Waals surface area (Å²) in [5.74, 6) is 0.517. The van der Waals surface area contributed by atoms with Crippen LogP contribution in [0.15, 0.2) is 22.9 Å². The van der Waals surface area contributed by atoms with Gasteiger partial charge in [0.25, 0.3) is 5.95 Å². The van der Waals surface area contributed by atoms with Crippen molar-refractivity contribution in [1.82, 2.24) is 0 Å². The van der Waals surface area contributed by atoms with Crippen LogP contribution < -0.4 is 0 Å². The van der Waals surface area contributed by atoms with Gasteiger partial charge in [0.1, 0.15) is 9.52 Å². The molecule has 0 amide bonds. The number of nitrogens with zero attached hydrogens (tertiary/aromatic N) is 1. The Morgan fingerprint density at radius 3 is 2.29 bits per heavy atom. The van der Waals surface area contributed by atoms with Crippen molar-refractivity contribution >= 4 is 9.52 Å². The van der Waals surface area contributed by atoms with Gasteiger partial charge in [0.05, 0.1) is 19.3 Å². The molecule has 0 spiro atoms. The van der Waals surface area contributed by atoms with Gasteiger partial charge < -0.3 is 9.47 Å². The molecule has 0 unspecified atom stereocenters. The maximum absolute atomic E-state index is 8.68. The van der Waals surface area contributed by atoms with Crippen LogP contribution in [0.25, 0.3) is 0 Å². The smallest absolute Gasteiger partial charge is 0.270 e. The fourth-order valence-electron chi connectivity index (χ4n) is 0.726. The van der Waals surface area contributed by atoms with Crippen LogP contribution in [-0.2, 0) is 9.47 Å². The second-order valence-electron chi connectivity index (χ2n) is 2.29. The van der Waals surface area contributed by atoms with Crippen LogP contribution >= 0.6 is 0 Å². The molecule has 2 radical (unpaired) electrons. The van der Waals surface area contributed by atoms with Crippen LogP contribution in [0, 0.1) is 11.3 Å². The Morgan fingerprint density at radius 1 is 1.36 bits per heavy atom. The Hall–Kier alpha value is -1.21. The van der Waals surface area contributed by atoms with Crippen molar-refractivity contribution < 1.29 is 9.47 Å². The highest BCUT2D eigenvalue weighted by Crippen LogP contribution is 2.00. The summed E-state index contributed by atoms with van der Waals surface area (Å²) in [6, 6.07) is 2.11. The highest BCUT2D eigenvalue weighted by Gasteiger charge is 1.99. The van der Waals surface area contributed by atoms with Crippen molar-refractivity contribution in [2.75, 3.05) is 13.2 Å². The second-order valence-corrected chi connectivity index (χ2v) is 3.40. The summed E-state index contributed by atoms with van der Waals surface area (Å²) in [6.07, 6.45) is 1.80. The third kappa shape index (κ3) is 5.44. The molecule has 0 aliphatic carbocycles. The first-order valence-corrected chi connectivity index (χ1v) is 5.64. The Labute approximate surface area is 87.8 Å². The zero-order valence-electron chi connectivity index (χ0n) is 8.83. The van der Waals surface area contributed by atoms with E-state index in [4.69, 9.17) is 14.7 Å². The van der Waals surface area contributed by atoms with Gasteiger partial charge in [-0.2, -0.15) is 5.26 Å². The van der Waals surface area contributed by atoms with Crippen LogP contribution in [0.2, 0.25) is 0 Å². The number of allylic oxidation sites excluding steroid dienone is 2. The van der Waals surface area contributed by atoms with Crippen molar-refractivity contribution in [2.45, 2.75) is 20.8 Å². The Bertz CT molecular complexity index is 245. The summed E-state index contributed by atoms with van der Waals surface area (Å²) in [5.41, 5.74) is 1.81. The van der Waals surface area contributed by atoms with Crippen LogP contribution in [-0.4, -0.2) is 22.7 Å². The van der Waals surface area contributed by atoms with Gasteiger partial charge in [0, 0.05) is 5.20 Å². The fraction of sp³-hybridized carbons (Fsp3) is 0.500. The minimum atomic E-state index is 0.311. The molecule has 0 rings (SSSR count). The lowest BCUT2D eigenvalue weighted by Crippen LogP contribution is -2.01. The predicted molar refractivity (Wildman–Crippen MR) is 56.5 cm³/mol. The summed E-state index contributed by atoms with van der Waals surface area (Å²) < 4.78 is 10.5. The van der Waals surface area contributed by atoms with Crippen molar-refractivity contribution in [3.63, 3.8) is 0 Å². The van der Waals surface area contributed by atoms with Crippen molar-refractivity contribution in [2.24, 2.45) is 0 Å². The van der Waals surface area contributed by atoms with Crippen LogP contribution in [0.4, 0.5) is 0 Å².